The molecule has 1 rings (SSSR count). The number of hydrogen-bond acceptors (Lipinski definition) is 5. The Bertz CT molecular complexity index is 525. The first kappa shape index (κ1) is 16.9. The fourth-order valence-corrected chi connectivity index (χ4v) is 2.44. The summed E-state index contributed by atoms with van der Waals surface area (Å²) < 4.78 is 21.6. The van der Waals surface area contributed by atoms with E-state index in [1.165, 1.54) is 25.4 Å². The minimum Gasteiger partial charge on any atom is -0.462 e. The third-order valence-corrected chi connectivity index (χ3v) is 3.35. The van der Waals surface area contributed by atoms with Crippen molar-refractivity contribution in [2.45, 2.75) is 32.9 Å². The van der Waals surface area contributed by atoms with Crippen LogP contribution >= 0.6 is 19.3 Å². The van der Waals surface area contributed by atoms with Crippen molar-refractivity contribution in [1.82, 2.24) is 10.1 Å². The van der Waals surface area contributed by atoms with Crippen LogP contribution in [0.2, 0.25) is 5.02 Å². The number of pyridine rings is 1. The molecule has 0 radical (unpaired) electrons. The van der Waals surface area contributed by atoms with Gasteiger partial charge in [0, 0.05) is 12.3 Å². The van der Waals surface area contributed by atoms with Crippen molar-refractivity contribution >= 4 is 25.3 Å². The Morgan fingerprint density at radius 2 is 2.10 bits per heavy atom. The smallest absolute Gasteiger partial charge is 0.456 e. The SMILES string of the molecule is CC(C)OC(=O)[C@@H](C)NP(=O)(O)Oc1cncc(Cl)c1. The molecular formula is C11H16ClN2O5P. The van der Waals surface area contributed by atoms with Crippen LogP contribution in [-0.4, -0.2) is 28.0 Å². The molecule has 0 saturated heterocycles. The highest BCUT2D eigenvalue weighted by molar-refractivity contribution is 7.51. The maximum Gasteiger partial charge on any atom is 0.456 e. The topological polar surface area (TPSA) is 97.8 Å². The monoisotopic (exact) mass is 322 g/mol. The number of esters is 1. The molecule has 2 N–H and O–H groups in total. The molecule has 7 nitrogen and oxygen atoms in total. The van der Waals surface area contributed by atoms with Crippen LogP contribution in [0.5, 0.6) is 5.75 Å². The van der Waals surface area contributed by atoms with Gasteiger partial charge in [0.05, 0.1) is 17.3 Å². The standard InChI is InChI=1S/C11H16ClN2O5P/c1-7(2)18-11(15)8(3)14-20(16,17)19-10-4-9(12)5-13-6-10/h4-8H,1-3H3,(H2,14,16,17)/t8-/m1/s1. The number of carbonyl (C=O) groups is 1. The lowest BCUT2D eigenvalue weighted by Crippen LogP contribution is -2.35. The molecule has 0 spiro atoms. The van der Waals surface area contributed by atoms with E-state index in [1.54, 1.807) is 13.8 Å². The quantitative estimate of drug-likeness (QED) is 0.611. The number of nitrogens with one attached hydrogen (secondary N) is 1. The zero-order valence-corrected chi connectivity index (χ0v) is 12.9. The Labute approximate surface area is 121 Å². The predicted molar refractivity (Wildman–Crippen MR) is 73.5 cm³/mol. The highest BCUT2D eigenvalue weighted by atomic mass is 35.5. The summed E-state index contributed by atoms with van der Waals surface area (Å²) in [5, 5.41) is 2.43. The van der Waals surface area contributed by atoms with Crippen molar-refractivity contribution < 1.29 is 23.5 Å². The second-order valence-corrected chi connectivity index (χ2v) is 6.21. The number of aromatic nitrogens is 1. The predicted octanol–water partition coefficient (Wildman–Crippen LogP) is 2.14. The molecule has 9 heteroatoms. The lowest BCUT2D eigenvalue weighted by Gasteiger charge is -2.19. The highest BCUT2D eigenvalue weighted by Crippen LogP contribution is 2.39. The molecule has 0 saturated carbocycles. The van der Waals surface area contributed by atoms with Crippen molar-refractivity contribution in [1.29, 1.82) is 0 Å². The molecule has 0 aromatic carbocycles. The van der Waals surface area contributed by atoms with Crippen LogP contribution in [0.25, 0.3) is 0 Å². The van der Waals surface area contributed by atoms with E-state index in [-0.39, 0.29) is 16.9 Å². The van der Waals surface area contributed by atoms with Gasteiger partial charge in [-0.3, -0.25) is 9.78 Å². The van der Waals surface area contributed by atoms with Gasteiger partial charge < -0.3 is 14.2 Å². The van der Waals surface area contributed by atoms with Gasteiger partial charge in [-0.1, -0.05) is 11.6 Å². The molecule has 2 atom stereocenters. The molecule has 0 bridgehead atoms. The molecule has 1 heterocycles. The van der Waals surface area contributed by atoms with Crippen LogP contribution in [0.3, 0.4) is 0 Å². The number of rotatable bonds is 6. The van der Waals surface area contributed by atoms with Gasteiger partial charge in [-0.05, 0) is 20.8 Å². The lowest BCUT2D eigenvalue weighted by atomic mass is 10.4. The normalized spacial score (nSPS) is 15.5. The Morgan fingerprint density at radius 1 is 1.45 bits per heavy atom. The van der Waals surface area contributed by atoms with Gasteiger partial charge in [0.1, 0.15) is 11.8 Å². The third kappa shape index (κ3) is 5.88. The Balaban J connectivity index is 2.65. The summed E-state index contributed by atoms with van der Waals surface area (Å²) in [4.78, 5) is 24.9. The molecule has 1 aromatic heterocycles. The first-order valence-electron chi connectivity index (χ1n) is 5.81. The third-order valence-electron chi connectivity index (χ3n) is 1.97. The van der Waals surface area contributed by atoms with E-state index in [9.17, 15) is 14.3 Å². The number of ether oxygens (including phenoxy) is 1. The summed E-state index contributed by atoms with van der Waals surface area (Å²) in [7, 11) is -4.24. The van der Waals surface area contributed by atoms with E-state index in [4.69, 9.17) is 20.9 Å². The van der Waals surface area contributed by atoms with Crippen molar-refractivity contribution in [2.75, 3.05) is 0 Å². The van der Waals surface area contributed by atoms with Gasteiger partial charge in [0.25, 0.3) is 0 Å². The minimum atomic E-state index is -4.24. The van der Waals surface area contributed by atoms with Crippen LogP contribution in [-0.2, 0) is 14.1 Å². The number of halogens is 1. The Morgan fingerprint density at radius 3 is 2.65 bits per heavy atom. The maximum absolute atomic E-state index is 11.8. The largest absolute Gasteiger partial charge is 0.462 e. The van der Waals surface area contributed by atoms with Crippen LogP contribution in [0.15, 0.2) is 18.5 Å². The van der Waals surface area contributed by atoms with E-state index in [0.29, 0.717) is 0 Å². The summed E-state index contributed by atoms with van der Waals surface area (Å²) in [6.07, 6.45) is 2.27. The molecule has 0 aliphatic rings. The van der Waals surface area contributed by atoms with Crippen LogP contribution in [0.1, 0.15) is 20.8 Å². The van der Waals surface area contributed by atoms with Crippen molar-refractivity contribution in [3.8, 4) is 5.75 Å². The van der Waals surface area contributed by atoms with Gasteiger partial charge in [-0.25, -0.2) is 4.57 Å². The molecule has 112 valence electrons. The van der Waals surface area contributed by atoms with Crippen molar-refractivity contribution in [3.05, 3.63) is 23.5 Å². The summed E-state index contributed by atoms with van der Waals surface area (Å²) >= 11 is 5.68. The van der Waals surface area contributed by atoms with Crippen LogP contribution in [0, 0.1) is 0 Å². The first-order chi connectivity index (χ1) is 9.19. The van der Waals surface area contributed by atoms with Gasteiger partial charge in [-0.2, -0.15) is 5.09 Å². The highest BCUT2D eigenvalue weighted by Gasteiger charge is 2.28. The summed E-state index contributed by atoms with van der Waals surface area (Å²) in [5.74, 6) is -0.637. The van der Waals surface area contributed by atoms with E-state index in [1.807, 2.05) is 0 Å². The van der Waals surface area contributed by atoms with E-state index < -0.39 is 19.8 Å². The van der Waals surface area contributed by atoms with Gasteiger partial charge in [-0.15, -0.1) is 0 Å². The van der Waals surface area contributed by atoms with E-state index >= 15 is 0 Å². The molecular weight excluding hydrogens is 307 g/mol. The number of hydrogen-bond donors (Lipinski definition) is 2. The minimum absolute atomic E-state index is 0.0141. The average molecular weight is 323 g/mol. The zero-order chi connectivity index (χ0) is 15.3. The van der Waals surface area contributed by atoms with Gasteiger partial charge in [0.15, 0.2) is 0 Å². The maximum atomic E-state index is 11.8. The number of carbonyl (C=O) groups excluding carboxylic acids is 1. The second kappa shape index (κ2) is 7.04. The average Bonchev–Trinajstić information content (AvgIpc) is 2.26. The van der Waals surface area contributed by atoms with E-state index in [2.05, 4.69) is 10.1 Å². The van der Waals surface area contributed by atoms with E-state index in [0.717, 1.165) is 0 Å². The van der Waals surface area contributed by atoms with Crippen molar-refractivity contribution in [3.63, 3.8) is 0 Å². The number of nitrogens with zero attached hydrogens (tertiary/aromatic N) is 1. The fraction of sp³-hybridized carbons (Fsp3) is 0.455. The summed E-state index contributed by atoms with van der Waals surface area (Å²) in [6.45, 7) is 4.75. The van der Waals surface area contributed by atoms with Gasteiger partial charge in [0.2, 0.25) is 0 Å². The molecule has 0 aliphatic heterocycles. The summed E-state index contributed by atoms with van der Waals surface area (Å²) in [5.41, 5.74) is 0. The van der Waals surface area contributed by atoms with Gasteiger partial charge >= 0.3 is 13.7 Å². The lowest BCUT2D eigenvalue weighted by molar-refractivity contribution is -0.149. The fourth-order valence-electron chi connectivity index (χ4n) is 1.24. The Kier molecular flexibility index (Phi) is 5.95. The molecule has 0 amide bonds. The first-order valence-corrected chi connectivity index (χ1v) is 7.76. The van der Waals surface area contributed by atoms with Crippen molar-refractivity contribution in [2.24, 2.45) is 0 Å². The molecule has 1 unspecified atom stereocenters. The molecule has 1 aromatic rings. The second-order valence-electron chi connectivity index (χ2n) is 4.29. The Hall–Kier alpha value is -1.14. The zero-order valence-electron chi connectivity index (χ0n) is 11.2. The molecule has 0 fully saturated rings. The summed E-state index contributed by atoms with van der Waals surface area (Å²) in [6, 6.07) is 0.330. The molecule has 20 heavy (non-hydrogen) atoms. The van der Waals surface area contributed by atoms with Crippen LogP contribution < -0.4 is 9.61 Å². The molecule has 0 aliphatic carbocycles. The van der Waals surface area contributed by atoms with Crippen LogP contribution in [0.4, 0.5) is 0 Å².